The Kier molecular flexibility index (Phi) is 6.68. The van der Waals surface area contributed by atoms with E-state index in [9.17, 15) is 0 Å². The smallest absolute Gasteiger partial charge is 0.214 e. The highest BCUT2D eigenvalue weighted by Gasteiger charge is 2.06. The molecule has 0 aliphatic carbocycles. The van der Waals surface area contributed by atoms with Crippen molar-refractivity contribution in [1.82, 2.24) is 15.6 Å². The highest BCUT2D eigenvalue weighted by Crippen LogP contribution is 2.21. The lowest BCUT2D eigenvalue weighted by Gasteiger charge is -2.10. The molecule has 0 unspecified atom stereocenters. The van der Waals surface area contributed by atoms with Gasteiger partial charge >= 0.3 is 0 Å². The lowest BCUT2D eigenvalue weighted by atomic mass is 10.2. The van der Waals surface area contributed by atoms with Gasteiger partial charge in [0, 0.05) is 6.54 Å². The van der Waals surface area contributed by atoms with Crippen molar-refractivity contribution in [3.8, 4) is 11.5 Å². The van der Waals surface area contributed by atoms with E-state index in [1.54, 1.807) is 0 Å². The fourth-order valence-corrected chi connectivity index (χ4v) is 2.57. The van der Waals surface area contributed by atoms with Crippen molar-refractivity contribution in [2.75, 3.05) is 6.54 Å². The van der Waals surface area contributed by atoms with Crippen molar-refractivity contribution in [2.45, 2.75) is 33.9 Å². The molecule has 0 fully saturated rings. The number of para-hydroxylation sites is 1. The zero-order valence-corrected chi connectivity index (χ0v) is 16.5. The molecule has 6 nitrogen and oxygen atoms in total. The molecule has 0 saturated carbocycles. The molecular weight excluding hydrogens is 352 g/mol. The number of aliphatic imine (C=N–C) groups is 1. The van der Waals surface area contributed by atoms with Crippen LogP contribution in [0.1, 0.15) is 29.8 Å². The van der Waals surface area contributed by atoms with Gasteiger partial charge in [0.15, 0.2) is 5.96 Å². The molecular formula is C22H26N4O2. The zero-order valence-electron chi connectivity index (χ0n) is 16.5. The van der Waals surface area contributed by atoms with Crippen molar-refractivity contribution in [3.05, 3.63) is 77.5 Å². The van der Waals surface area contributed by atoms with Gasteiger partial charge in [0.1, 0.15) is 17.3 Å². The third-order valence-corrected chi connectivity index (χ3v) is 4.15. The quantitative estimate of drug-likeness (QED) is 0.473. The second-order valence-electron chi connectivity index (χ2n) is 6.36. The summed E-state index contributed by atoms with van der Waals surface area (Å²) in [5.74, 6) is 3.85. The largest absolute Gasteiger partial charge is 0.457 e. The van der Waals surface area contributed by atoms with E-state index in [1.807, 2.05) is 75.4 Å². The average molecular weight is 378 g/mol. The van der Waals surface area contributed by atoms with Gasteiger partial charge in [-0.05, 0) is 50.6 Å². The van der Waals surface area contributed by atoms with Crippen molar-refractivity contribution >= 4 is 5.96 Å². The number of nitrogens with zero attached hydrogens (tertiary/aromatic N) is 2. The van der Waals surface area contributed by atoms with E-state index in [2.05, 4.69) is 20.6 Å². The van der Waals surface area contributed by atoms with Gasteiger partial charge in [-0.3, -0.25) is 0 Å². The van der Waals surface area contributed by atoms with E-state index in [0.717, 1.165) is 41.0 Å². The van der Waals surface area contributed by atoms with Gasteiger partial charge in [0.05, 0.1) is 18.8 Å². The summed E-state index contributed by atoms with van der Waals surface area (Å²) in [6.45, 7) is 7.71. The lowest BCUT2D eigenvalue weighted by molar-refractivity contribution is 0.463. The van der Waals surface area contributed by atoms with E-state index in [0.29, 0.717) is 19.0 Å². The number of aromatic nitrogens is 1. The summed E-state index contributed by atoms with van der Waals surface area (Å²) in [6, 6.07) is 17.7. The summed E-state index contributed by atoms with van der Waals surface area (Å²) >= 11 is 0. The maximum atomic E-state index is 5.82. The SMILES string of the molecule is CCNC(=NCc1ccc(Oc2ccccc2)cc1)NCc1nc(C)c(C)o1. The fourth-order valence-electron chi connectivity index (χ4n) is 2.57. The first-order chi connectivity index (χ1) is 13.6. The molecule has 0 bridgehead atoms. The molecule has 0 aliphatic heterocycles. The summed E-state index contributed by atoms with van der Waals surface area (Å²) in [7, 11) is 0. The van der Waals surface area contributed by atoms with Crippen LogP contribution in [0.3, 0.4) is 0 Å². The van der Waals surface area contributed by atoms with Crippen LogP contribution in [0.15, 0.2) is 64.0 Å². The molecule has 2 N–H and O–H groups in total. The van der Waals surface area contributed by atoms with E-state index < -0.39 is 0 Å². The number of ether oxygens (including phenoxy) is 1. The molecule has 0 radical (unpaired) electrons. The molecule has 0 spiro atoms. The minimum absolute atomic E-state index is 0.490. The van der Waals surface area contributed by atoms with Gasteiger partial charge in [-0.1, -0.05) is 30.3 Å². The van der Waals surface area contributed by atoms with Crippen LogP contribution in [-0.2, 0) is 13.1 Å². The molecule has 0 atom stereocenters. The van der Waals surface area contributed by atoms with Gasteiger partial charge in [-0.2, -0.15) is 0 Å². The molecule has 3 rings (SSSR count). The lowest BCUT2D eigenvalue weighted by Crippen LogP contribution is -2.36. The molecule has 146 valence electrons. The molecule has 1 aromatic heterocycles. The normalized spacial score (nSPS) is 11.3. The second-order valence-corrected chi connectivity index (χ2v) is 6.36. The number of oxazole rings is 1. The molecule has 28 heavy (non-hydrogen) atoms. The van der Waals surface area contributed by atoms with Gasteiger partial charge in [0.25, 0.3) is 0 Å². The van der Waals surface area contributed by atoms with Gasteiger partial charge < -0.3 is 19.8 Å². The van der Waals surface area contributed by atoms with E-state index in [4.69, 9.17) is 9.15 Å². The Hall–Kier alpha value is -3.28. The highest BCUT2D eigenvalue weighted by molar-refractivity contribution is 5.79. The maximum Gasteiger partial charge on any atom is 0.214 e. The highest BCUT2D eigenvalue weighted by atomic mass is 16.5. The number of hydrogen-bond donors (Lipinski definition) is 2. The minimum atomic E-state index is 0.490. The number of guanidine groups is 1. The van der Waals surface area contributed by atoms with Crippen molar-refractivity contribution in [2.24, 2.45) is 4.99 Å². The second kappa shape index (κ2) is 9.60. The van der Waals surface area contributed by atoms with Crippen LogP contribution < -0.4 is 15.4 Å². The number of hydrogen-bond acceptors (Lipinski definition) is 4. The molecule has 1 heterocycles. The molecule has 0 amide bonds. The first-order valence-corrected chi connectivity index (χ1v) is 9.41. The first kappa shape index (κ1) is 19.5. The number of nitrogens with one attached hydrogen (secondary N) is 2. The Labute approximate surface area is 165 Å². The zero-order chi connectivity index (χ0) is 19.8. The first-order valence-electron chi connectivity index (χ1n) is 9.41. The van der Waals surface area contributed by atoms with Crippen LogP contribution in [-0.4, -0.2) is 17.5 Å². The monoisotopic (exact) mass is 378 g/mol. The van der Waals surface area contributed by atoms with Crippen molar-refractivity contribution in [3.63, 3.8) is 0 Å². The van der Waals surface area contributed by atoms with Crippen LogP contribution in [0, 0.1) is 13.8 Å². The van der Waals surface area contributed by atoms with Crippen LogP contribution in [0.4, 0.5) is 0 Å². The predicted octanol–water partition coefficient (Wildman–Crippen LogP) is 4.34. The van der Waals surface area contributed by atoms with E-state index >= 15 is 0 Å². The molecule has 2 aromatic carbocycles. The third kappa shape index (κ3) is 5.61. The summed E-state index contributed by atoms with van der Waals surface area (Å²) in [4.78, 5) is 9.00. The Bertz CT molecular complexity index is 883. The molecule has 6 heteroatoms. The number of aryl methyl sites for hydroxylation is 2. The topological polar surface area (TPSA) is 71.7 Å². The summed E-state index contributed by atoms with van der Waals surface area (Å²) < 4.78 is 11.4. The number of rotatable bonds is 7. The fraction of sp³-hybridized carbons (Fsp3) is 0.273. The average Bonchev–Trinajstić information content (AvgIpc) is 3.03. The summed E-state index contributed by atoms with van der Waals surface area (Å²) in [5.41, 5.74) is 2.01. The van der Waals surface area contributed by atoms with Crippen LogP contribution in [0.2, 0.25) is 0 Å². The van der Waals surface area contributed by atoms with Crippen LogP contribution in [0.5, 0.6) is 11.5 Å². The van der Waals surface area contributed by atoms with Crippen LogP contribution in [0.25, 0.3) is 0 Å². The van der Waals surface area contributed by atoms with Gasteiger partial charge in [-0.15, -0.1) is 0 Å². The maximum absolute atomic E-state index is 5.82. The Morgan fingerprint density at radius 1 is 1.00 bits per heavy atom. The van der Waals surface area contributed by atoms with Crippen molar-refractivity contribution < 1.29 is 9.15 Å². The molecule has 0 saturated heterocycles. The predicted molar refractivity (Wildman–Crippen MR) is 111 cm³/mol. The Morgan fingerprint density at radius 3 is 2.36 bits per heavy atom. The van der Waals surface area contributed by atoms with E-state index in [-0.39, 0.29) is 0 Å². The minimum Gasteiger partial charge on any atom is -0.457 e. The summed E-state index contributed by atoms with van der Waals surface area (Å²) in [5, 5.41) is 6.48. The molecule has 0 aliphatic rings. The van der Waals surface area contributed by atoms with Crippen molar-refractivity contribution in [1.29, 1.82) is 0 Å². The standard InChI is InChI=1S/C22H26N4O2/c1-4-23-22(25-15-21-26-16(2)17(3)27-21)24-14-18-10-12-20(13-11-18)28-19-8-6-5-7-9-19/h5-13H,4,14-15H2,1-3H3,(H2,23,24,25). The summed E-state index contributed by atoms with van der Waals surface area (Å²) in [6.07, 6.45) is 0. The Balaban J connectivity index is 1.57. The number of benzene rings is 2. The van der Waals surface area contributed by atoms with E-state index in [1.165, 1.54) is 0 Å². The van der Waals surface area contributed by atoms with Gasteiger partial charge in [-0.25, -0.2) is 9.98 Å². The third-order valence-electron chi connectivity index (χ3n) is 4.15. The molecule has 3 aromatic rings. The Morgan fingerprint density at radius 2 is 1.71 bits per heavy atom. The van der Waals surface area contributed by atoms with Gasteiger partial charge in [0.2, 0.25) is 5.89 Å². The van der Waals surface area contributed by atoms with Crippen LogP contribution >= 0.6 is 0 Å².